The monoisotopic (exact) mass is 254 g/mol. The van der Waals surface area contributed by atoms with Crippen LogP contribution in [0.1, 0.15) is 54.5 Å². The van der Waals surface area contributed by atoms with E-state index in [9.17, 15) is 5.11 Å². The molecule has 1 nitrogen and oxygen atoms in total. The van der Waals surface area contributed by atoms with Gasteiger partial charge in [0.2, 0.25) is 0 Å². The fourth-order valence-electron chi connectivity index (χ4n) is 2.32. The van der Waals surface area contributed by atoms with Gasteiger partial charge >= 0.3 is 0 Å². The van der Waals surface area contributed by atoms with Gasteiger partial charge in [-0.3, -0.25) is 0 Å². The lowest BCUT2D eigenvalue weighted by Gasteiger charge is -2.15. The number of rotatable bonds is 4. The molecule has 0 saturated carbocycles. The van der Waals surface area contributed by atoms with Crippen LogP contribution in [0.4, 0.5) is 0 Å². The minimum atomic E-state index is -0.535. The summed E-state index contributed by atoms with van der Waals surface area (Å²) >= 11 is 0. The summed E-state index contributed by atoms with van der Waals surface area (Å²) in [5.41, 5.74) is 4.41. The average Bonchev–Trinajstić information content (AvgIpc) is 2.46. The van der Waals surface area contributed by atoms with Crippen LogP contribution in [0.5, 0.6) is 0 Å². The predicted molar refractivity (Wildman–Crippen MR) is 80.4 cm³/mol. The highest BCUT2D eigenvalue weighted by atomic mass is 16.3. The van der Waals surface area contributed by atoms with Gasteiger partial charge in [0, 0.05) is 0 Å². The maximum Gasteiger partial charge on any atom is 0.104 e. The van der Waals surface area contributed by atoms with Crippen LogP contribution in [0, 0.1) is 6.92 Å². The second kappa shape index (κ2) is 6.03. The zero-order valence-corrected chi connectivity index (χ0v) is 11.9. The van der Waals surface area contributed by atoms with Gasteiger partial charge in [0.1, 0.15) is 6.10 Å². The molecule has 0 fully saturated rings. The lowest BCUT2D eigenvalue weighted by Crippen LogP contribution is -2.02. The molecule has 2 unspecified atom stereocenters. The Balaban J connectivity index is 2.25. The van der Waals surface area contributed by atoms with Gasteiger partial charge in [-0.2, -0.15) is 0 Å². The molecule has 0 aliphatic heterocycles. The number of hydrogen-bond donors (Lipinski definition) is 1. The summed E-state index contributed by atoms with van der Waals surface area (Å²) in [5.74, 6) is 0.574. The van der Waals surface area contributed by atoms with Crippen LogP contribution in [0.2, 0.25) is 0 Å². The Bertz CT molecular complexity index is 528. The Hall–Kier alpha value is -1.60. The zero-order chi connectivity index (χ0) is 13.8. The van der Waals surface area contributed by atoms with Crippen molar-refractivity contribution in [1.82, 2.24) is 0 Å². The molecule has 2 rings (SSSR count). The van der Waals surface area contributed by atoms with Gasteiger partial charge in [-0.15, -0.1) is 0 Å². The molecule has 0 aromatic heterocycles. The molecule has 0 heterocycles. The van der Waals surface area contributed by atoms with Crippen molar-refractivity contribution < 1.29 is 5.11 Å². The molecule has 2 atom stereocenters. The fourth-order valence-corrected chi connectivity index (χ4v) is 2.32. The molecular weight excluding hydrogens is 232 g/mol. The molecule has 2 aromatic rings. The summed E-state index contributed by atoms with van der Waals surface area (Å²) in [6.07, 6.45) is 0.604. The van der Waals surface area contributed by atoms with Crippen LogP contribution in [-0.2, 0) is 0 Å². The van der Waals surface area contributed by atoms with E-state index in [1.807, 2.05) is 43.3 Å². The quantitative estimate of drug-likeness (QED) is 0.846. The van der Waals surface area contributed by atoms with Gasteiger partial charge in [0.15, 0.2) is 0 Å². The van der Waals surface area contributed by atoms with E-state index in [2.05, 4.69) is 26.0 Å². The highest BCUT2D eigenvalue weighted by Gasteiger charge is 2.12. The van der Waals surface area contributed by atoms with Crippen molar-refractivity contribution >= 4 is 0 Å². The molecule has 1 heteroatoms. The molecule has 0 radical (unpaired) electrons. The van der Waals surface area contributed by atoms with Crippen LogP contribution in [0.15, 0.2) is 48.5 Å². The summed E-state index contributed by atoms with van der Waals surface area (Å²) in [6, 6.07) is 16.3. The molecule has 19 heavy (non-hydrogen) atoms. The van der Waals surface area contributed by atoms with Crippen molar-refractivity contribution in [3.63, 3.8) is 0 Å². The first kappa shape index (κ1) is 13.8. The topological polar surface area (TPSA) is 20.2 Å². The lowest BCUT2D eigenvalue weighted by molar-refractivity contribution is 0.219. The number of hydrogen-bond acceptors (Lipinski definition) is 1. The first-order valence-corrected chi connectivity index (χ1v) is 6.97. The maximum absolute atomic E-state index is 10.5. The molecule has 100 valence electrons. The van der Waals surface area contributed by atoms with E-state index in [-0.39, 0.29) is 0 Å². The van der Waals surface area contributed by atoms with Gasteiger partial charge in [0.05, 0.1) is 0 Å². The zero-order valence-electron chi connectivity index (χ0n) is 11.9. The minimum Gasteiger partial charge on any atom is -0.384 e. The molecule has 0 saturated heterocycles. The third-order valence-corrected chi connectivity index (χ3v) is 3.92. The van der Waals surface area contributed by atoms with Crippen molar-refractivity contribution in [2.24, 2.45) is 0 Å². The van der Waals surface area contributed by atoms with E-state index in [1.165, 1.54) is 5.56 Å². The van der Waals surface area contributed by atoms with Crippen molar-refractivity contribution in [3.05, 3.63) is 70.8 Å². The molecular formula is C18H22O. The minimum absolute atomic E-state index is 0.535. The Morgan fingerprint density at radius 3 is 2.11 bits per heavy atom. The van der Waals surface area contributed by atoms with Crippen LogP contribution in [0.3, 0.4) is 0 Å². The van der Waals surface area contributed by atoms with E-state index in [0.717, 1.165) is 23.1 Å². The largest absolute Gasteiger partial charge is 0.384 e. The van der Waals surface area contributed by atoms with Crippen molar-refractivity contribution in [3.8, 4) is 0 Å². The molecule has 2 aromatic carbocycles. The number of benzene rings is 2. The molecule has 0 aliphatic carbocycles. The first-order valence-electron chi connectivity index (χ1n) is 6.97. The maximum atomic E-state index is 10.5. The highest BCUT2D eigenvalue weighted by molar-refractivity contribution is 5.36. The Morgan fingerprint density at radius 1 is 0.947 bits per heavy atom. The molecule has 0 bridgehead atoms. The molecule has 0 amide bonds. The third-order valence-electron chi connectivity index (χ3n) is 3.92. The smallest absolute Gasteiger partial charge is 0.104 e. The van der Waals surface area contributed by atoms with E-state index < -0.39 is 6.10 Å². The lowest BCUT2D eigenvalue weighted by atomic mass is 9.93. The molecule has 0 aliphatic rings. The highest BCUT2D eigenvalue weighted by Crippen LogP contribution is 2.26. The first-order chi connectivity index (χ1) is 9.13. The summed E-state index contributed by atoms with van der Waals surface area (Å²) in [7, 11) is 0. The summed E-state index contributed by atoms with van der Waals surface area (Å²) in [6.45, 7) is 6.46. The molecule has 0 spiro atoms. The van der Waals surface area contributed by atoms with Crippen molar-refractivity contribution in [2.45, 2.75) is 39.2 Å². The van der Waals surface area contributed by atoms with E-state index in [0.29, 0.717) is 5.92 Å². The van der Waals surface area contributed by atoms with Crippen LogP contribution < -0.4 is 0 Å². The van der Waals surface area contributed by atoms with Crippen molar-refractivity contribution in [2.75, 3.05) is 0 Å². The second-order valence-electron chi connectivity index (χ2n) is 5.24. The van der Waals surface area contributed by atoms with Gasteiger partial charge in [0.25, 0.3) is 0 Å². The van der Waals surface area contributed by atoms with Crippen LogP contribution in [-0.4, -0.2) is 5.11 Å². The SMILES string of the molecule is CCC(C)c1ccc(C(O)c2ccccc2C)cc1. The van der Waals surface area contributed by atoms with Gasteiger partial charge in [-0.25, -0.2) is 0 Å². The third kappa shape index (κ3) is 3.05. The van der Waals surface area contributed by atoms with E-state index >= 15 is 0 Å². The van der Waals surface area contributed by atoms with Gasteiger partial charge in [-0.05, 0) is 41.5 Å². The fraction of sp³-hybridized carbons (Fsp3) is 0.333. The number of aryl methyl sites for hydroxylation is 1. The summed E-state index contributed by atoms with van der Waals surface area (Å²) in [5, 5.41) is 10.5. The number of aliphatic hydroxyl groups is 1. The average molecular weight is 254 g/mol. The number of aliphatic hydroxyl groups excluding tert-OH is 1. The Morgan fingerprint density at radius 2 is 1.53 bits per heavy atom. The van der Waals surface area contributed by atoms with E-state index in [1.54, 1.807) is 0 Å². The molecule has 1 N–H and O–H groups in total. The van der Waals surface area contributed by atoms with Gasteiger partial charge in [-0.1, -0.05) is 62.4 Å². The second-order valence-corrected chi connectivity index (χ2v) is 5.24. The summed E-state index contributed by atoms with van der Waals surface area (Å²) in [4.78, 5) is 0. The standard InChI is InChI=1S/C18H22O/c1-4-13(2)15-9-11-16(12-10-15)18(19)17-8-6-5-7-14(17)3/h5-13,18-19H,4H2,1-3H3. The Kier molecular flexibility index (Phi) is 4.39. The van der Waals surface area contributed by atoms with Crippen LogP contribution >= 0.6 is 0 Å². The summed E-state index contributed by atoms with van der Waals surface area (Å²) < 4.78 is 0. The normalized spacial score (nSPS) is 14.1. The Labute approximate surface area is 115 Å². The van der Waals surface area contributed by atoms with Crippen molar-refractivity contribution in [1.29, 1.82) is 0 Å². The van der Waals surface area contributed by atoms with Crippen LogP contribution in [0.25, 0.3) is 0 Å². The predicted octanol–water partition coefficient (Wildman–Crippen LogP) is 4.59. The van der Waals surface area contributed by atoms with E-state index in [4.69, 9.17) is 0 Å². The van der Waals surface area contributed by atoms with Gasteiger partial charge < -0.3 is 5.11 Å².